The van der Waals surface area contributed by atoms with Gasteiger partial charge in [-0.3, -0.25) is 5.43 Å². The average Bonchev–Trinajstić information content (AvgIpc) is 2.26. The number of nitrogens with zero attached hydrogens (tertiary/aromatic N) is 3. The van der Waals surface area contributed by atoms with Crippen LogP contribution in [0.3, 0.4) is 0 Å². The largest absolute Gasteiger partial charge is 0.467 e. The van der Waals surface area contributed by atoms with Crippen molar-refractivity contribution in [2.24, 2.45) is 11.0 Å². The van der Waals surface area contributed by atoms with Crippen molar-refractivity contribution in [3.05, 3.63) is 0 Å². The molecular weight excluding hydrogens is 250 g/mol. The Morgan fingerprint density at radius 2 is 1.94 bits per heavy atom. The number of nitrogens with one attached hydrogen (secondary N) is 2. The summed E-state index contributed by atoms with van der Waals surface area (Å²) in [6.07, 6.45) is 0. The molecule has 0 fully saturated rings. The lowest BCUT2D eigenvalue weighted by molar-refractivity contribution is 0.379. The van der Waals surface area contributed by atoms with Crippen molar-refractivity contribution in [3.63, 3.8) is 0 Å². The third kappa shape index (κ3) is 4.76. The first-order valence-electron chi connectivity index (χ1n) is 4.45. The summed E-state index contributed by atoms with van der Waals surface area (Å²) in [5.74, 6) is 5.12. The number of rotatable bonds is 6. The van der Waals surface area contributed by atoms with Gasteiger partial charge in [0.2, 0.25) is 21.9 Å². The van der Waals surface area contributed by atoms with Gasteiger partial charge in [0.05, 0.1) is 12.9 Å². The van der Waals surface area contributed by atoms with Crippen molar-refractivity contribution in [2.75, 3.05) is 30.1 Å². The Morgan fingerprint density at radius 3 is 2.47 bits per heavy atom. The molecule has 10 nitrogen and oxygen atoms in total. The smallest absolute Gasteiger partial charge is 0.322 e. The van der Waals surface area contributed by atoms with Gasteiger partial charge >= 0.3 is 6.01 Å². The number of sulfonamides is 1. The number of primary sulfonamides is 1. The molecule has 0 aromatic carbocycles. The fraction of sp³-hybridized carbons (Fsp3) is 0.500. The molecule has 1 aromatic heterocycles. The number of nitrogens with two attached hydrogens (primary N) is 2. The first-order valence-corrected chi connectivity index (χ1v) is 6.17. The molecule has 0 unspecified atom stereocenters. The molecular formula is C6H13N7O3S. The lowest BCUT2D eigenvalue weighted by Crippen LogP contribution is -2.23. The third-order valence-electron chi connectivity index (χ3n) is 1.60. The lowest BCUT2D eigenvalue weighted by Gasteiger charge is -2.06. The minimum absolute atomic E-state index is 0.0473. The number of aromatic nitrogens is 3. The molecule has 0 aliphatic carbocycles. The molecule has 0 aliphatic heterocycles. The van der Waals surface area contributed by atoms with Gasteiger partial charge in [-0.25, -0.2) is 19.4 Å². The maximum absolute atomic E-state index is 10.7. The van der Waals surface area contributed by atoms with E-state index >= 15 is 0 Å². The molecule has 0 spiro atoms. The number of anilines is 2. The molecule has 17 heavy (non-hydrogen) atoms. The van der Waals surface area contributed by atoms with E-state index in [1.54, 1.807) is 0 Å². The number of hydrogen-bond donors (Lipinski definition) is 4. The van der Waals surface area contributed by atoms with Crippen LogP contribution in [0.2, 0.25) is 0 Å². The highest BCUT2D eigenvalue weighted by molar-refractivity contribution is 7.89. The van der Waals surface area contributed by atoms with Crippen LogP contribution in [0, 0.1) is 0 Å². The van der Waals surface area contributed by atoms with Crippen molar-refractivity contribution in [2.45, 2.75) is 0 Å². The number of nitrogen functional groups attached to an aromatic ring is 1. The van der Waals surface area contributed by atoms with Crippen molar-refractivity contribution < 1.29 is 13.2 Å². The van der Waals surface area contributed by atoms with E-state index in [1.165, 1.54) is 7.11 Å². The van der Waals surface area contributed by atoms with E-state index in [-0.39, 0.29) is 30.2 Å². The Kier molecular flexibility index (Phi) is 4.37. The third-order valence-corrected chi connectivity index (χ3v) is 2.37. The van der Waals surface area contributed by atoms with Crippen LogP contribution in [-0.4, -0.2) is 42.8 Å². The van der Waals surface area contributed by atoms with Gasteiger partial charge in [-0.05, 0) is 0 Å². The van der Waals surface area contributed by atoms with Crippen LogP contribution in [-0.2, 0) is 10.0 Å². The number of ether oxygens (including phenoxy) is 1. The zero-order valence-electron chi connectivity index (χ0n) is 9.04. The van der Waals surface area contributed by atoms with Gasteiger partial charge in [-0.1, -0.05) is 0 Å². The first kappa shape index (κ1) is 13.3. The molecule has 6 N–H and O–H groups in total. The molecule has 0 saturated heterocycles. The summed E-state index contributed by atoms with van der Waals surface area (Å²) in [6, 6.07) is 0.0473. The Labute approximate surface area is 97.8 Å². The van der Waals surface area contributed by atoms with E-state index in [1.807, 2.05) is 0 Å². The van der Waals surface area contributed by atoms with Crippen LogP contribution in [0.5, 0.6) is 6.01 Å². The van der Waals surface area contributed by atoms with Gasteiger partial charge < -0.3 is 10.1 Å². The van der Waals surface area contributed by atoms with Crippen molar-refractivity contribution in [1.82, 2.24) is 15.0 Å². The summed E-state index contributed by atoms with van der Waals surface area (Å²) < 4.78 is 26.2. The van der Waals surface area contributed by atoms with E-state index in [0.717, 1.165) is 0 Å². The molecule has 1 heterocycles. The van der Waals surface area contributed by atoms with Gasteiger partial charge in [-0.15, -0.1) is 0 Å². The summed E-state index contributed by atoms with van der Waals surface area (Å²) in [7, 11) is -2.15. The Bertz CT molecular complexity index is 454. The summed E-state index contributed by atoms with van der Waals surface area (Å²) >= 11 is 0. The Morgan fingerprint density at radius 1 is 1.29 bits per heavy atom. The standard InChI is InChI=1S/C6H13N7O3S/c1-16-6-11-4(10-5(12-6)13-7)9-2-3-17(8,14)15/h2-3,7H2,1H3,(H2,8,14,15)(H2,9,10,11,12,13). The number of methoxy groups -OCH3 is 1. The molecule has 0 atom stereocenters. The van der Waals surface area contributed by atoms with Crippen LogP contribution in [0.1, 0.15) is 0 Å². The molecule has 0 radical (unpaired) electrons. The summed E-state index contributed by atoms with van der Waals surface area (Å²) in [6.45, 7) is 0.0655. The quantitative estimate of drug-likeness (QED) is 0.332. The zero-order chi connectivity index (χ0) is 12.9. The van der Waals surface area contributed by atoms with E-state index < -0.39 is 10.0 Å². The highest BCUT2D eigenvalue weighted by atomic mass is 32.2. The van der Waals surface area contributed by atoms with Crippen LogP contribution in [0.15, 0.2) is 0 Å². The van der Waals surface area contributed by atoms with Crippen molar-refractivity contribution in [3.8, 4) is 6.01 Å². The van der Waals surface area contributed by atoms with Gasteiger partial charge in [0.15, 0.2) is 0 Å². The minimum Gasteiger partial charge on any atom is -0.467 e. The maximum atomic E-state index is 10.7. The Hall–Kier alpha value is -1.72. The highest BCUT2D eigenvalue weighted by Crippen LogP contribution is 2.09. The second-order valence-corrected chi connectivity index (χ2v) is 4.64. The zero-order valence-corrected chi connectivity index (χ0v) is 9.86. The highest BCUT2D eigenvalue weighted by Gasteiger charge is 2.07. The van der Waals surface area contributed by atoms with Crippen molar-refractivity contribution >= 4 is 21.9 Å². The topological polar surface area (TPSA) is 158 Å². The number of hydrogen-bond acceptors (Lipinski definition) is 9. The molecule has 11 heteroatoms. The van der Waals surface area contributed by atoms with E-state index in [0.29, 0.717) is 0 Å². The lowest BCUT2D eigenvalue weighted by atomic mass is 10.7. The summed E-state index contributed by atoms with van der Waals surface area (Å²) in [5.41, 5.74) is 2.22. The first-order chi connectivity index (χ1) is 7.94. The summed E-state index contributed by atoms with van der Waals surface area (Å²) in [4.78, 5) is 11.4. The van der Waals surface area contributed by atoms with Gasteiger partial charge in [-0.2, -0.15) is 15.0 Å². The van der Waals surface area contributed by atoms with E-state index in [9.17, 15) is 8.42 Å². The van der Waals surface area contributed by atoms with Crippen LogP contribution < -0.4 is 26.5 Å². The van der Waals surface area contributed by atoms with E-state index in [4.69, 9.17) is 15.7 Å². The molecule has 0 bridgehead atoms. The van der Waals surface area contributed by atoms with Crippen LogP contribution in [0.25, 0.3) is 0 Å². The normalized spacial score (nSPS) is 11.0. The fourth-order valence-corrected chi connectivity index (χ4v) is 1.28. The molecule has 0 amide bonds. The van der Waals surface area contributed by atoms with Crippen LogP contribution in [0.4, 0.5) is 11.9 Å². The fourth-order valence-electron chi connectivity index (χ4n) is 0.896. The summed E-state index contributed by atoms with van der Waals surface area (Å²) in [5, 5.41) is 7.49. The Balaban J connectivity index is 2.70. The monoisotopic (exact) mass is 263 g/mol. The predicted molar refractivity (Wildman–Crippen MR) is 60.7 cm³/mol. The second-order valence-electron chi connectivity index (χ2n) is 2.91. The maximum Gasteiger partial charge on any atom is 0.322 e. The van der Waals surface area contributed by atoms with Gasteiger partial charge in [0.1, 0.15) is 0 Å². The van der Waals surface area contributed by atoms with Gasteiger partial charge in [0.25, 0.3) is 0 Å². The molecule has 0 saturated carbocycles. The van der Waals surface area contributed by atoms with Crippen LogP contribution >= 0.6 is 0 Å². The molecule has 1 aromatic rings. The second kappa shape index (κ2) is 5.56. The average molecular weight is 263 g/mol. The van der Waals surface area contributed by atoms with Crippen molar-refractivity contribution in [1.29, 1.82) is 0 Å². The van der Waals surface area contributed by atoms with E-state index in [2.05, 4.69) is 25.7 Å². The number of hydrazine groups is 1. The van der Waals surface area contributed by atoms with Gasteiger partial charge in [0, 0.05) is 6.54 Å². The molecule has 0 aliphatic rings. The minimum atomic E-state index is -3.53. The predicted octanol–water partition coefficient (Wildman–Crippen LogP) is -2.13. The SMILES string of the molecule is COc1nc(NN)nc(NCCS(N)(=O)=O)n1. The molecule has 96 valence electrons. The molecule has 1 rings (SSSR count).